The largest absolute Gasteiger partial charge is 0.383 e. The van der Waals surface area contributed by atoms with E-state index < -0.39 is 0 Å². The average molecular weight is 174 g/mol. The number of nitrogens with zero attached hydrogens (tertiary/aromatic N) is 1. The molecular weight excluding hydrogens is 160 g/mol. The summed E-state index contributed by atoms with van der Waals surface area (Å²) < 4.78 is 0. The third-order valence-corrected chi connectivity index (χ3v) is 1.76. The van der Waals surface area contributed by atoms with E-state index in [4.69, 9.17) is 5.73 Å². The van der Waals surface area contributed by atoms with Crippen LogP contribution in [0, 0.1) is 0 Å². The maximum Gasteiger partial charge on any atom is 0.130 e. The first kappa shape index (κ1) is 9.52. The van der Waals surface area contributed by atoms with Crippen molar-refractivity contribution >= 4 is 5.84 Å². The summed E-state index contributed by atoms with van der Waals surface area (Å²) in [6.45, 7) is 5.78. The summed E-state index contributed by atoms with van der Waals surface area (Å²) >= 11 is 0. The highest BCUT2D eigenvalue weighted by Crippen LogP contribution is 2.02. The Bertz CT molecular complexity index is 312. The molecule has 0 radical (unpaired) electrons. The second-order valence-corrected chi connectivity index (χ2v) is 2.78. The third kappa shape index (κ3) is 2.75. The van der Waals surface area contributed by atoms with E-state index in [9.17, 15) is 0 Å². The van der Waals surface area contributed by atoms with Gasteiger partial charge in [0.15, 0.2) is 0 Å². The molecule has 2 heteroatoms. The minimum Gasteiger partial charge on any atom is -0.383 e. The third-order valence-electron chi connectivity index (χ3n) is 1.76. The molecule has 2 N–H and O–H groups in total. The zero-order valence-corrected chi connectivity index (χ0v) is 7.83. The molecule has 0 aliphatic carbocycles. The smallest absolute Gasteiger partial charge is 0.130 e. The van der Waals surface area contributed by atoms with Crippen molar-refractivity contribution in [2.45, 2.75) is 13.3 Å². The molecule has 0 aromatic heterocycles. The van der Waals surface area contributed by atoms with Gasteiger partial charge in [-0.3, -0.25) is 0 Å². The summed E-state index contributed by atoms with van der Waals surface area (Å²) in [6, 6.07) is 9.69. The Balaban J connectivity index is 2.85. The Morgan fingerprint density at radius 2 is 2.00 bits per heavy atom. The highest BCUT2D eigenvalue weighted by molar-refractivity contribution is 5.97. The molecule has 13 heavy (non-hydrogen) atoms. The van der Waals surface area contributed by atoms with Gasteiger partial charge in [-0.25, -0.2) is 4.99 Å². The van der Waals surface area contributed by atoms with Gasteiger partial charge in [0.2, 0.25) is 0 Å². The van der Waals surface area contributed by atoms with E-state index in [1.54, 1.807) is 0 Å². The van der Waals surface area contributed by atoms with Crippen LogP contribution in [-0.4, -0.2) is 5.84 Å². The molecule has 1 aromatic carbocycles. The predicted octanol–water partition coefficient (Wildman–Crippen LogP) is 2.32. The van der Waals surface area contributed by atoms with Crippen LogP contribution in [0.1, 0.15) is 18.9 Å². The fraction of sp³-hybridized carbons (Fsp3) is 0.182. The molecule has 0 atom stereocenters. The second-order valence-electron chi connectivity index (χ2n) is 2.78. The van der Waals surface area contributed by atoms with Crippen LogP contribution < -0.4 is 5.73 Å². The number of hydrogen-bond acceptors (Lipinski definition) is 1. The quantitative estimate of drug-likeness (QED) is 0.554. The van der Waals surface area contributed by atoms with Crippen LogP contribution in [0.4, 0.5) is 0 Å². The molecule has 0 aliphatic heterocycles. The number of aliphatic imine (C=N–C) groups is 1. The van der Waals surface area contributed by atoms with Crippen molar-refractivity contribution in [3.8, 4) is 0 Å². The van der Waals surface area contributed by atoms with Crippen LogP contribution in [0.15, 0.2) is 47.6 Å². The number of amidine groups is 1. The lowest BCUT2D eigenvalue weighted by molar-refractivity contribution is 1.07. The molecule has 0 amide bonds. The molecule has 0 unspecified atom stereocenters. The van der Waals surface area contributed by atoms with E-state index in [1.165, 1.54) is 0 Å². The fourth-order valence-corrected chi connectivity index (χ4v) is 0.923. The lowest BCUT2D eigenvalue weighted by Gasteiger charge is -2.00. The van der Waals surface area contributed by atoms with Crippen molar-refractivity contribution in [1.82, 2.24) is 0 Å². The Kier molecular flexibility index (Phi) is 3.26. The van der Waals surface area contributed by atoms with Gasteiger partial charge < -0.3 is 5.73 Å². The Morgan fingerprint density at radius 1 is 1.38 bits per heavy atom. The van der Waals surface area contributed by atoms with Gasteiger partial charge in [-0.15, -0.1) is 0 Å². The number of allylic oxidation sites excluding steroid dienone is 1. The predicted molar refractivity (Wildman–Crippen MR) is 56.6 cm³/mol. The van der Waals surface area contributed by atoms with Crippen LogP contribution in [0.3, 0.4) is 0 Å². The van der Waals surface area contributed by atoms with E-state index in [0.29, 0.717) is 5.84 Å². The van der Waals surface area contributed by atoms with Crippen LogP contribution in [-0.2, 0) is 0 Å². The summed E-state index contributed by atoms with van der Waals surface area (Å²) in [6.07, 6.45) is 0.827. The van der Waals surface area contributed by atoms with Gasteiger partial charge in [-0.2, -0.15) is 0 Å². The molecule has 1 rings (SSSR count). The van der Waals surface area contributed by atoms with E-state index in [1.807, 2.05) is 37.3 Å². The first-order valence-corrected chi connectivity index (χ1v) is 4.31. The number of benzene rings is 1. The van der Waals surface area contributed by atoms with Gasteiger partial charge in [-0.05, 0) is 6.42 Å². The number of hydrogen-bond donors (Lipinski definition) is 1. The van der Waals surface area contributed by atoms with Gasteiger partial charge in [0, 0.05) is 11.3 Å². The Hall–Kier alpha value is -1.57. The van der Waals surface area contributed by atoms with Gasteiger partial charge in [0.1, 0.15) is 5.84 Å². The zero-order chi connectivity index (χ0) is 9.68. The maximum absolute atomic E-state index is 5.76. The molecule has 1 aromatic rings. The van der Waals surface area contributed by atoms with Crippen LogP contribution in [0.5, 0.6) is 0 Å². The normalized spacial score (nSPS) is 11.3. The molecule has 0 bridgehead atoms. The summed E-state index contributed by atoms with van der Waals surface area (Å²) in [5, 5.41) is 0. The molecule has 0 saturated heterocycles. The van der Waals surface area contributed by atoms with E-state index in [-0.39, 0.29) is 0 Å². The van der Waals surface area contributed by atoms with Crippen molar-refractivity contribution < 1.29 is 0 Å². The SMILES string of the molecule is C=C(CC)N=C(N)c1ccccc1. The first-order chi connectivity index (χ1) is 6.24. The van der Waals surface area contributed by atoms with Crippen molar-refractivity contribution in [1.29, 1.82) is 0 Å². The number of rotatable bonds is 3. The van der Waals surface area contributed by atoms with E-state index in [2.05, 4.69) is 11.6 Å². The van der Waals surface area contributed by atoms with Crippen molar-refractivity contribution in [2.75, 3.05) is 0 Å². The molecule has 0 heterocycles. The monoisotopic (exact) mass is 174 g/mol. The van der Waals surface area contributed by atoms with E-state index >= 15 is 0 Å². The molecule has 0 fully saturated rings. The molecule has 0 saturated carbocycles. The summed E-state index contributed by atoms with van der Waals surface area (Å²) in [4.78, 5) is 4.17. The molecule has 0 spiro atoms. The minimum atomic E-state index is 0.535. The van der Waals surface area contributed by atoms with Gasteiger partial charge in [0.25, 0.3) is 0 Å². The lowest BCUT2D eigenvalue weighted by atomic mass is 10.2. The van der Waals surface area contributed by atoms with Crippen molar-refractivity contribution in [2.24, 2.45) is 10.7 Å². The molecular formula is C11H14N2. The first-order valence-electron chi connectivity index (χ1n) is 4.31. The topological polar surface area (TPSA) is 38.4 Å². The molecule has 0 aliphatic rings. The number of nitrogens with two attached hydrogens (primary N) is 1. The molecule has 2 nitrogen and oxygen atoms in total. The highest BCUT2D eigenvalue weighted by Gasteiger charge is 1.95. The summed E-state index contributed by atoms with van der Waals surface area (Å²) in [5.74, 6) is 0.535. The summed E-state index contributed by atoms with van der Waals surface area (Å²) in [5.41, 5.74) is 7.51. The maximum atomic E-state index is 5.76. The fourth-order valence-electron chi connectivity index (χ4n) is 0.923. The van der Waals surface area contributed by atoms with Gasteiger partial charge in [-0.1, -0.05) is 43.8 Å². The average Bonchev–Trinajstić information content (AvgIpc) is 2.19. The van der Waals surface area contributed by atoms with Crippen molar-refractivity contribution in [3.63, 3.8) is 0 Å². The summed E-state index contributed by atoms with van der Waals surface area (Å²) in [7, 11) is 0. The van der Waals surface area contributed by atoms with Crippen LogP contribution in [0.25, 0.3) is 0 Å². The standard InChI is InChI=1S/C11H14N2/c1-3-9(2)13-11(12)10-7-5-4-6-8-10/h4-8H,2-3H2,1H3,(H2,12,13). The molecule has 68 valence electrons. The van der Waals surface area contributed by atoms with E-state index in [0.717, 1.165) is 17.7 Å². The van der Waals surface area contributed by atoms with Gasteiger partial charge >= 0.3 is 0 Å². The van der Waals surface area contributed by atoms with Gasteiger partial charge in [0.05, 0.1) is 0 Å². The van der Waals surface area contributed by atoms with Crippen LogP contribution >= 0.6 is 0 Å². The minimum absolute atomic E-state index is 0.535. The Morgan fingerprint density at radius 3 is 2.54 bits per heavy atom. The zero-order valence-electron chi connectivity index (χ0n) is 7.83. The van der Waals surface area contributed by atoms with Crippen LogP contribution in [0.2, 0.25) is 0 Å². The van der Waals surface area contributed by atoms with Crippen molar-refractivity contribution in [3.05, 3.63) is 48.2 Å². The second kappa shape index (κ2) is 4.45. The highest BCUT2D eigenvalue weighted by atomic mass is 14.9. The Labute approximate surface area is 78.8 Å². The lowest BCUT2D eigenvalue weighted by Crippen LogP contribution is -2.13.